The molecule has 3 N–H and O–H groups in total. The molecule has 1 fully saturated rings. The van der Waals surface area contributed by atoms with Crippen molar-refractivity contribution in [1.82, 2.24) is 4.72 Å². The summed E-state index contributed by atoms with van der Waals surface area (Å²) in [5.74, 6) is 0. The van der Waals surface area contributed by atoms with Gasteiger partial charge in [0.05, 0.1) is 4.90 Å². The number of hydrogen-bond acceptors (Lipinski definition) is 4. The summed E-state index contributed by atoms with van der Waals surface area (Å²) in [4.78, 5) is 0.250. The first-order chi connectivity index (χ1) is 8.84. The van der Waals surface area contributed by atoms with E-state index >= 15 is 0 Å². The summed E-state index contributed by atoms with van der Waals surface area (Å²) in [7, 11) is -3.56. The van der Waals surface area contributed by atoms with E-state index in [2.05, 4.69) is 4.72 Å². The second-order valence-electron chi connectivity index (χ2n) is 5.25. The Hall–Kier alpha value is -1.11. The van der Waals surface area contributed by atoms with Crippen LogP contribution in [0.5, 0.6) is 0 Å². The van der Waals surface area contributed by atoms with Gasteiger partial charge >= 0.3 is 0 Å². The predicted molar refractivity (Wildman–Crippen MR) is 74.4 cm³/mol. The fraction of sp³-hybridized carbons (Fsp3) is 0.538. The van der Waals surface area contributed by atoms with Gasteiger partial charge in [-0.2, -0.15) is 0 Å². The van der Waals surface area contributed by atoms with Crippen molar-refractivity contribution in [2.45, 2.75) is 37.1 Å². The number of nitrogen functional groups attached to an aromatic ring is 1. The van der Waals surface area contributed by atoms with Crippen LogP contribution in [0.2, 0.25) is 0 Å². The Kier molecular flexibility index (Phi) is 3.85. The summed E-state index contributed by atoms with van der Waals surface area (Å²) in [6.07, 6.45) is 1.35. The largest absolute Gasteiger partial charge is 0.398 e. The Balaban J connectivity index is 2.30. The Morgan fingerprint density at radius 3 is 2.58 bits per heavy atom. The number of nitrogens with two attached hydrogens (primary N) is 1. The van der Waals surface area contributed by atoms with Crippen LogP contribution in [-0.2, 0) is 14.8 Å². The highest BCUT2D eigenvalue weighted by atomic mass is 32.2. The zero-order valence-electron chi connectivity index (χ0n) is 11.3. The number of nitrogens with one attached hydrogen (secondary N) is 1. The second kappa shape index (κ2) is 5.11. The molecule has 2 rings (SSSR count). The van der Waals surface area contributed by atoms with Gasteiger partial charge in [-0.1, -0.05) is 6.07 Å². The van der Waals surface area contributed by atoms with Crippen molar-refractivity contribution >= 4 is 15.7 Å². The fourth-order valence-electron chi connectivity index (χ4n) is 2.23. The van der Waals surface area contributed by atoms with Gasteiger partial charge in [0.15, 0.2) is 0 Å². The maximum atomic E-state index is 12.5. The first kappa shape index (κ1) is 14.3. The van der Waals surface area contributed by atoms with Crippen LogP contribution >= 0.6 is 0 Å². The highest BCUT2D eigenvalue weighted by molar-refractivity contribution is 7.89. The van der Waals surface area contributed by atoms with Crippen molar-refractivity contribution in [2.75, 3.05) is 18.9 Å². The molecule has 1 aliphatic rings. The van der Waals surface area contributed by atoms with Gasteiger partial charge in [0, 0.05) is 24.4 Å². The summed E-state index contributed by atoms with van der Waals surface area (Å²) in [5, 5.41) is 0. The minimum atomic E-state index is -3.56. The van der Waals surface area contributed by atoms with E-state index in [1.165, 1.54) is 0 Å². The van der Waals surface area contributed by atoms with Crippen LogP contribution in [0.4, 0.5) is 5.69 Å². The normalized spacial score (nSPS) is 19.3. The summed E-state index contributed by atoms with van der Waals surface area (Å²) in [6, 6.07) is 4.93. The molecule has 1 aromatic carbocycles. The Morgan fingerprint density at radius 2 is 1.95 bits per heavy atom. The van der Waals surface area contributed by atoms with Crippen molar-refractivity contribution < 1.29 is 13.2 Å². The van der Waals surface area contributed by atoms with Gasteiger partial charge in [0.2, 0.25) is 10.0 Å². The Labute approximate surface area is 114 Å². The van der Waals surface area contributed by atoms with Gasteiger partial charge in [-0.05, 0) is 44.4 Å². The third-order valence-electron chi connectivity index (χ3n) is 3.59. The van der Waals surface area contributed by atoms with E-state index in [0.717, 1.165) is 0 Å². The minimum absolute atomic E-state index is 0.250. The smallest absolute Gasteiger partial charge is 0.241 e. The van der Waals surface area contributed by atoms with Crippen LogP contribution in [0.25, 0.3) is 0 Å². The van der Waals surface area contributed by atoms with Gasteiger partial charge in [0.25, 0.3) is 0 Å². The van der Waals surface area contributed by atoms with E-state index in [0.29, 0.717) is 37.3 Å². The van der Waals surface area contributed by atoms with Crippen molar-refractivity contribution in [1.29, 1.82) is 0 Å². The maximum absolute atomic E-state index is 12.5. The monoisotopic (exact) mass is 284 g/mol. The van der Waals surface area contributed by atoms with Gasteiger partial charge in [-0.15, -0.1) is 0 Å². The molecule has 6 heteroatoms. The third-order valence-corrected chi connectivity index (χ3v) is 5.38. The molecule has 0 spiro atoms. The van der Waals surface area contributed by atoms with E-state index in [9.17, 15) is 8.42 Å². The zero-order valence-corrected chi connectivity index (χ0v) is 12.1. The highest BCUT2D eigenvalue weighted by Crippen LogP contribution is 2.25. The highest BCUT2D eigenvalue weighted by Gasteiger charge is 2.33. The molecule has 0 bridgehead atoms. The van der Waals surface area contributed by atoms with Gasteiger partial charge < -0.3 is 10.5 Å². The quantitative estimate of drug-likeness (QED) is 0.823. The molecule has 106 valence electrons. The topological polar surface area (TPSA) is 81.4 Å². The van der Waals surface area contributed by atoms with E-state index in [1.807, 2.05) is 6.92 Å². The minimum Gasteiger partial charge on any atom is -0.398 e. The number of benzene rings is 1. The fourth-order valence-corrected chi connectivity index (χ4v) is 3.97. The molecule has 0 radical (unpaired) electrons. The van der Waals surface area contributed by atoms with E-state index < -0.39 is 15.6 Å². The average Bonchev–Trinajstić information content (AvgIpc) is 2.32. The molecule has 19 heavy (non-hydrogen) atoms. The molecular weight excluding hydrogens is 264 g/mol. The first-order valence-electron chi connectivity index (χ1n) is 6.31. The van der Waals surface area contributed by atoms with Crippen molar-refractivity contribution in [3.05, 3.63) is 23.8 Å². The van der Waals surface area contributed by atoms with Crippen LogP contribution in [0.1, 0.15) is 25.3 Å². The van der Waals surface area contributed by atoms with Gasteiger partial charge in [-0.3, -0.25) is 0 Å². The Morgan fingerprint density at radius 1 is 1.32 bits per heavy atom. The van der Waals surface area contributed by atoms with Gasteiger partial charge in [-0.25, -0.2) is 13.1 Å². The maximum Gasteiger partial charge on any atom is 0.241 e. The number of anilines is 1. The van der Waals surface area contributed by atoms with E-state index in [1.54, 1.807) is 25.1 Å². The van der Waals surface area contributed by atoms with Crippen LogP contribution in [0, 0.1) is 6.92 Å². The van der Waals surface area contributed by atoms with Crippen LogP contribution in [-0.4, -0.2) is 27.2 Å². The lowest BCUT2D eigenvalue weighted by atomic mass is 9.94. The SMILES string of the molecule is Cc1c(N)cccc1S(=O)(=O)NC1(C)CCOCC1. The molecule has 0 unspecified atom stereocenters. The van der Waals surface area contributed by atoms with Crippen LogP contribution in [0.3, 0.4) is 0 Å². The second-order valence-corrected chi connectivity index (χ2v) is 6.90. The molecule has 5 nitrogen and oxygen atoms in total. The molecule has 0 aliphatic carbocycles. The zero-order chi connectivity index (χ0) is 14.1. The molecule has 0 saturated carbocycles. The number of rotatable bonds is 3. The van der Waals surface area contributed by atoms with E-state index in [-0.39, 0.29) is 4.90 Å². The standard InChI is InChI=1S/C13H20N2O3S/c1-10-11(14)4-3-5-12(10)19(16,17)15-13(2)6-8-18-9-7-13/h3-5,15H,6-9,14H2,1-2H3. The molecule has 1 aromatic rings. The number of hydrogen-bond donors (Lipinski definition) is 2. The molecule has 0 atom stereocenters. The summed E-state index contributed by atoms with van der Waals surface area (Å²) in [5.41, 5.74) is 6.40. The third kappa shape index (κ3) is 3.08. The lowest BCUT2D eigenvalue weighted by Crippen LogP contribution is -2.49. The molecule has 1 saturated heterocycles. The van der Waals surface area contributed by atoms with Crippen LogP contribution in [0.15, 0.2) is 23.1 Å². The van der Waals surface area contributed by atoms with E-state index in [4.69, 9.17) is 10.5 Å². The summed E-state index contributed by atoms with van der Waals surface area (Å²) < 4.78 is 33.0. The number of ether oxygens (including phenoxy) is 1. The van der Waals surface area contributed by atoms with Crippen LogP contribution < -0.4 is 10.5 Å². The molecule has 0 amide bonds. The van der Waals surface area contributed by atoms with Crippen molar-refractivity contribution in [3.8, 4) is 0 Å². The summed E-state index contributed by atoms with van der Waals surface area (Å²) >= 11 is 0. The average molecular weight is 284 g/mol. The first-order valence-corrected chi connectivity index (χ1v) is 7.79. The predicted octanol–water partition coefficient (Wildman–Crippen LogP) is 1.42. The lowest BCUT2D eigenvalue weighted by molar-refractivity contribution is 0.0537. The van der Waals surface area contributed by atoms with Crippen molar-refractivity contribution in [3.63, 3.8) is 0 Å². The molecule has 0 aromatic heterocycles. The lowest BCUT2D eigenvalue weighted by Gasteiger charge is -2.34. The van der Waals surface area contributed by atoms with Gasteiger partial charge in [0.1, 0.15) is 0 Å². The Bertz CT molecular complexity index is 563. The molecular formula is C13H20N2O3S. The molecule has 1 heterocycles. The summed E-state index contributed by atoms with van der Waals surface area (Å²) in [6.45, 7) is 4.79. The molecule has 1 aliphatic heterocycles. The van der Waals surface area contributed by atoms with Crippen molar-refractivity contribution in [2.24, 2.45) is 0 Å². The number of sulfonamides is 1.